The van der Waals surface area contributed by atoms with E-state index >= 15 is 0 Å². The highest BCUT2D eigenvalue weighted by molar-refractivity contribution is 5.94. The number of benzene rings is 3. The van der Waals surface area contributed by atoms with Crippen molar-refractivity contribution >= 4 is 23.9 Å². The molecule has 0 aliphatic heterocycles. The standard InChI is InChI=1S/C41H51N3O6/c1-10-28(3)44(37(46)33(26-30-18-14-12-15-19-30)43-39(48)50-41(7,8)9)35(32-24-22-29(11-2)23-25-32)36(45)42-34(38(47)49-40(4,5)6)27-31-20-16-13-17-21-31/h2,12-25,28,33-35H,10,26-27H2,1,3-9H3,(H,42,45)(H,43,48). The minimum absolute atomic E-state index is 0.144. The number of nitrogens with zero attached hydrogens (tertiary/aromatic N) is 1. The van der Waals surface area contributed by atoms with Gasteiger partial charge in [-0.25, -0.2) is 9.59 Å². The van der Waals surface area contributed by atoms with E-state index < -0.39 is 59.2 Å². The number of rotatable bonds is 13. The lowest BCUT2D eigenvalue weighted by atomic mass is 9.96. The number of carbonyl (C=O) groups is 4. The molecular weight excluding hydrogens is 630 g/mol. The zero-order valence-electron chi connectivity index (χ0n) is 30.5. The van der Waals surface area contributed by atoms with Crippen LogP contribution in [0.5, 0.6) is 0 Å². The van der Waals surface area contributed by atoms with E-state index in [9.17, 15) is 19.2 Å². The fourth-order valence-electron chi connectivity index (χ4n) is 5.34. The molecular formula is C41H51N3O6. The van der Waals surface area contributed by atoms with Crippen molar-refractivity contribution in [1.82, 2.24) is 15.5 Å². The Morgan fingerprint density at radius 2 is 1.24 bits per heavy atom. The molecule has 266 valence electrons. The minimum atomic E-state index is -1.20. The second-order valence-corrected chi connectivity index (χ2v) is 14.3. The monoisotopic (exact) mass is 681 g/mol. The van der Waals surface area contributed by atoms with Crippen molar-refractivity contribution in [2.24, 2.45) is 0 Å². The fourth-order valence-corrected chi connectivity index (χ4v) is 5.34. The van der Waals surface area contributed by atoms with E-state index in [1.165, 1.54) is 4.90 Å². The Kier molecular flexibility index (Phi) is 13.8. The van der Waals surface area contributed by atoms with Crippen LogP contribution < -0.4 is 10.6 Å². The smallest absolute Gasteiger partial charge is 0.408 e. The van der Waals surface area contributed by atoms with E-state index in [0.717, 1.165) is 11.1 Å². The summed E-state index contributed by atoms with van der Waals surface area (Å²) < 4.78 is 11.3. The normalized spacial score (nSPS) is 13.8. The van der Waals surface area contributed by atoms with Crippen molar-refractivity contribution in [2.75, 3.05) is 0 Å². The van der Waals surface area contributed by atoms with Crippen LogP contribution in [0.1, 0.15) is 90.1 Å². The first-order valence-electron chi connectivity index (χ1n) is 17.0. The van der Waals surface area contributed by atoms with Gasteiger partial charge in [-0.1, -0.05) is 85.6 Å². The van der Waals surface area contributed by atoms with Crippen molar-refractivity contribution in [2.45, 2.75) is 110 Å². The molecule has 0 saturated heterocycles. The van der Waals surface area contributed by atoms with Gasteiger partial charge in [-0.3, -0.25) is 9.59 Å². The Morgan fingerprint density at radius 3 is 1.70 bits per heavy atom. The van der Waals surface area contributed by atoms with Crippen LogP contribution in [0.25, 0.3) is 0 Å². The minimum Gasteiger partial charge on any atom is -0.458 e. The maximum absolute atomic E-state index is 14.8. The molecule has 4 atom stereocenters. The zero-order chi connectivity index (χ0) is 37.1. The third-order valence-corrected chi connectivity index (χ3v) is 7.80. The third-order valence-electron chi connectivity index (χ3n) is 7.80. The molecule has 0 fully saturated rings. The summed E-state index contributed by atoms with van der Waals surface area (Å²) in [7, 11) is 0. The van der Waals surface area contributed by atoms with E-state index in [1.807, 2.05) is 74.5 Å². The van der Waals surface area contributed by atoms with Crippen molar-refractivity contribution in [1.29, 1.82) is 0 Å². The van der Waals surface area contributed by atoms with E-state index in [2.05, 4.69) is 16.6 Å². The number of esters is 1. The number of terminal acetylenes is 1. The number of hydrogen-bond donors (Lipinski definition) is 2. The van der Waals surface area contributed by atoms with Gasteiger partial charge in [0.05, 0.1) is 0 Å². The molecule has 0 bridgehead atoms. The number of amides is 3. The van der Waals surface area contributed by atoms with E-state index in [-0.39, 0.29) is 12.8 Å². The average Bonchev–Trinajstić information content (AvgIpc) is 3.05. The highest BCUT2D eigenvalue weighted by Gasteiger charge is 2.40. The zero-order valence-corrected chi connectivity index (χ0v) is 30.5. The number of ether oxygens (including phenoxy) is 2. The predicted octanol–water partition coefficient (Wildman–Crippen LogP) is 6.54. The van der Waals surface area contributed by atoms with E-state index in [4.69, 9.17) is 15.9 Å². The van der Waals surface area contributed by atoms with Gasteiger partial charge < -0.3 is 25.0 Å². The maximum atomic E-state index is 14.8. The van der Waals surface area contributed by atoms with Crippen LogP contribution in [0.4, 0.5) is 4.79 Å². The third kappa shape index (κ3) is 12.1. The second kappa shape index (κ2) is 17.5. The lowest BCUT2D eigenvalue weighted by Gasteiger charge is -2.39. The molecule has 2 N–H and O–H groups in total. The van der Waals surface area contributed by atoms with Crippen LogP contribution in [0.15, 0.2) is 84.9 Å². The van der Waals surface area contributed by atoms with Crippen LogP contribution in [-0.2, 0) is 36.7 Å². The first kappa shape index (κ1) is 39.3. The Hall–Kier alpha value is -5.10. The van der Waals surface area contributed by atoms with Gasteiger partial charge in [-0.2, -0.15) is 0 Å². The van der Waals surface area contributed by atoms with Crippen molar-refractivity contribution in [3.8, 4) is 12.3 Å². The van der Waals surface area contributed by atoms with Crippen molar-refractivity contribution in [3.05, 3.63) is 107 Å². The number of alkyl carbamates (subject to hydrolysis) is 1. The molecule has 3 rings (SSSR count). The Labute approximate surface area is 297 Å². The molecule has 0 spiro atoms. The molecule has 0 aromatic heterocycles. The molecule has 9 nitrogen and oxygen atoms in total. The van der Waals surface area contributed by atoms with E-state index in [0.29, 0.717) is 17.5 Å². The Morgan fingerprint density at radius 1 is 0.740 bits per heavy atom. The molecule has 0 aliphatic carbocycles. The highest BCUT2D eigenvalue weighted by atomic mass is 16.6. The molecule has 50 heavy (non-hydrogen) atoms. The van der Waals surface area contributed by atoms with Crippen LogP contribution in [-0.4, -0.2) is 58.1 Å². The molecule has 9 heteroatoms. The fraction of sp³-hybridized carbons (Fsp3) is 0.415. The summed E-state index contributed by atoms with van der Waals surface area (Å²) in [5, 5.41) is 5.71. The topological polar surface area (TPSA) is 114 Å². The van der Waals surface area contributed by atoms with Gasteiger partial charge in [0.1, 0.15) is 29.3 Å². The molecule has 0 saturated carbocycles. The van der Waals surface area contributed by atoms with E-state index in [1.54, 1.807) is 65.8 Å². The summed E-state index contributed by atoms with van der Waals surface area (Å²) >= 11 is 0. The van der Waals surface area contributed by atoms with Gasteiger partial charge in [-0.05, 0) is 83.7 Å². The van der Waals surface area contributed by atoms with Gasteiger partial charge >= 0.3 is 12.1 Å². The molecule has 0 aliphatic rings. The molecule has 0 radical (unpaired) electrons. The first-order chi connectivity index (χ1) is 23.5. The Balaban J connectivity index is 2.13. The SMILES string of the molecule is C#Cc1ccc(C(C(=O)NC(Cc2ccccc2)C(=O)OC(C)(C)C)N(C(=O)C(Cc2ccccc2)NC(=O)OC(C)(C)C)C(C)CC)cc1. The lowest BCUT2D eigenvalue weighted by molar-refractivity contribution is -0.159. The molecule has 3 amide bonds. The van der Waals surface area contributed by atoms with Crippen molar-refractivity contribution < 1.29 is 28.7 Å². The quantitative estimate of drug-likeness (QED) is 0.157. The summed E-state index contributed by atoms with van der Waals surface area (Å²) in [6, 6.07) is 21.6. The summed E-state index contributed by atoms with van der Waals surface area (Å²) in [6.07, 6.45) is 5.68. The summed E-state index contributed by atoms with van der Waals surface area (Å²) in [5.41, 5.74) is 1.08. The molecule has 4 unspecified atom stereocenters. The molecule has 3 aromatic rings. The van der Waals surface area contributed by atoms with Gasteiger partial charge in [0.15, 0.2) is 0 Å². The van der Waals surface area contributed by atoms with Crippen LogP contribution >= 0.6 is 0 Å². The lowest BCUT2D eigenvalue weighted by Crippen LogP contribution is -2.57. The Bertz CT molecular complexity index is 1620. The largest absolute Gasteiger partial charge is 0.458 e. The van der Waals surface area contributed by atoms with Gasteiger partial charge in [0.25, 0.3) is 0 Å². The van der Waals surface area contributed by atoms with Crippen molar-refractivity contribution in [3.63, 3.8) is 0 Å². The summed E-state index contributed by atoms with van der Waals surface area (Å²) in [4.78, 5) is 57.7. The van der Waals surface area contributed by atoms with Crippen LogP contribution in [0, 0.1) is 12.3 Å². The van der Waals surface area contributed by atoms with Gasteiger partial charge in [0, 0.05) is 24.4 Å². The van der Waals surface area contributed by atoms with Crippen LogP contribution in [0.3, 0.4) is 0 Å². The average molecular weight is 682 g/mol. The number of nitrogens with one attached hydrogen (secondary N) is 2. The predicted molar refractivity (Wildman–Crippen MR) is 195 cm³/mol. The maximum Gasteiger partial charge on any atom is 0.408 e. The first-order valence-corrected chi connectivity index (χ1v) is 17.0. The highest BCUT2D eigenvalue weighted by Crippen LogP contribution is 2.28. The van der Waals surface area contributed by atoms with Crippen LogP contribution in [0.2, 0.25) is 0 Å². The van der Waals surface area contributed by atoms with Gasteiger partial charge in [-0.15, -0.1) is 6.42 Å². The molecule has 3 aromatic carbocycles. The van der Waals surface area contributed by atoms with Gasteiger partial charge in [0.2, 0.25) is 11.8 Å². The number of hydrogen-bond acceptors (Lipinski definition) is 6. The second-order valence-electron chi connectivity index (χ2n) is 14.3. The summed E-state index contributed by atoms with van der Waals surface area (Å²) in [6.45, 7) is 14.3. The summed E-state index contributed by atoms with van der Waals surface area (Å²) in [5.74, 6) is 0.899. The number of carbonyl (C=O) groups excluding carboxylic acids is 4. The molecule has 0 heterocycles.